The lowest BCUT2D eigenvalue weighted by Crippen LogP contribution is -2.09. The van der Waals surface area contributed by atoms with Gasteiger partial charge in [0.25, 0.3) is 0 Å². The van der Waals surface area contributed by atoms with Crippen LogP contribution in [0.4, 0.5) is 34.1 Å². The van der Waals surface area contributed by atoms with Crippen molar-refractivity contribution >= 4 is 81.7 Å². The lowest BCUT2D eigenvalue weighted by molar-refractivity contribution is 1.28. The summed E-state index contributed by atoms with van der Waals surface area (Å²) in [5.41, 5.74) is 25.7. The minimum absolute atomic E-state index is 1.09. The fourth-order valence-corrected chi connectivity index (χ4v) is 10.3. The summed E-state index contributed by atoms with van der Waals surface area (Å²) < 4.78 is 0. The molecule has 0 atom stereocenters. The highest BCUT2D eigenvalue weighted by atomic mass is 15.1. The fourth-order valence-electron chi connectivity index (χ4n) is 10.3. The Balaban J connectivity index is 0.764. The second-order valence-corrected chi connectivity index (χ2v) is 20.6. The monoisotopic (exact) mass is 1030 g/mol. The van der Waals surface area contributed by atoms with Crippen molar-refractivity contribution in [2.45, 2.75) is 27.7 Å². The number of benzene rings is 11. The van der Waals surface area contributed by atoms with Crippen LogP contribution in [0.2, 0.25) is 0 Å². The van der Waals surface area contributed by atoms with Crippen molar-refractivity contribution in [3.63, 3.8) is 0 Å². The predicted molar refractivity (Wildman–Crippen MR) is 345 cm³/mol. The van der Waals surface area contributed by atoms with E-state index in [9.17, 15) is 0 Å². The highest BCUT2D eigenvalue weighted by Crippen LogP contribution is 2.38. The predicted octanol–water partition coefficient (Wildman–Crippen LogP) is 21.4. The number of anilines is 6. The largest absolute Gasteiger partial charge is 0.311 e. The van der Waals surface area contributed by atoms with Gasteiger partial charge in [-0.05, 0) is 179 Å². The first-order valence-corrected chi connectivity index (χ1v) is 27.5. The number of rotatable bonds is 16. The van der Waals surface area contributed by atoms with Crippen LogP contribution in [0.25, 0.3) is 47.6 Å². The maximum absolute atomic E-state index is 2.32. The van der Waals surface area contributed by atoms with E-state index in [1.165, 1.54) is 55.7 Å². The second-order valence-electron chi connectivity index (χ2n) is 20.6. The summed E-state index contributed by atoms with van der Waals surface area (Å²) in [5.74, 6) is 0. The van der Waals surface area contributed by atoms with Crippen molar-refractivity contribution in [3.8, 4) is 0 Å². The maximum atomic E-state index is 2.32. The molecular formula is C78H64N2. The van der Waals surface area contributed by atoms with Gasteiger partial charge >= 0.3 is 0 Å². The third kappa shape index (κ3) is 12.9. The lowest BCUT2D eigenvalue weighted by atomic mass is 9.93. The first-order valence-electron chi connectivity index (χ1n) is 27.5. The Hall–Kier alpha value is -10.0. The van der Waals surface area contributed by atoms with Crippen molar-refractivity contribution in [2.24, 2.45) is 0 Å². The summed E-state index contributed by atoms with van der Waals surface area (Å²) in [6.07, 6.45) is 13.3. The van der Waals surface area contributed by atoms with Gasteiger partial charge < -0.3 is 9.80 Å². The van der Waals surface area contributed by atoms with Crippen molar-refractivity contribution in [3.05, 3.63) is 357 Å². The van der Waals surface area contributed by atoms with Gasteiger partial charge in [0.2, 0.25) is 0 Å². The van der Waals surface area contributed by atoms with Crippen molar-refractivity contribution in [2.75, 3.05) is 9.80 Å². The molecule has 0 aliphatic heterocycles. The lowest BCUT2D eigenvalue weighted by Gasteiger charge is -2.25. The van der Waals surface area contributed by atoms with E-state index in [1.54, 1.807) is 0 Å². The molecule has 0 saturated carbocycles. The molecule has 11 aromatic carbocycles. The summed E-state index contributed by atoms with van der Waals surface area (Å²) in [4.78, 5) is 4.63. The van der Waals surface area contributed by atoms with Gasteiger partial charge in [-0.1, -0.05) is 253 Å². The van der Waals surface area contributed by atoms with E-state index in [0.717, 1.165) is 67.5 Å². The van der Waals surface area contributed by atoms with Gasteiger partial charge in [0.05, 0.1) is 0 Å². The van der Waals surface area contributed by atoms with E-state index in [-0.39, 0.29) is 0 Å². The van der Waals surface area contributed by atoms with Crippen LogP contribution in [0, 0.1) is 27.7 Å². The van der Waals surface area contributed by atoms with Crippen LogP contribution in [0.15, 0.2) is 279 Å². The molecule has 0 fully saturated rings. The smallest absolute Gasteiger partial charge is 0.0462 e. The number of hydrogen-bond acceptors (Lipinski definition) is 2. The summed E-state index contributed by atoms with van der Waals surface area (Å²) in [6.45, 7) is 8.61. The summed E-state index contributed by atoms with van der Waals surface area (Å²) in [7, 11) is 0. The molecule has 0 unspecified atom stereocenters. The van der Waals surface area contributed by atoms with Crippen LogP contribution in [0.5, 0.6) is 0 Å². The van der Waals surface area contributed by atoms with Crippen LogP contribution in [-0.4, -0.2) is 0 Å². The molecule has 80 heavy (non-hydrogen) atoms. The van der Waals surface area contributed by atoms with Gasteiger partial charge in [0, 0.05) is 34.1 Å². The molecule has 11 aromatic rings. The van der Waals surface area contributed by atoms with E-state index in [2.05, 4.69) is 353 Å². The summed E-state index contributed by atoms with van der Waals surface area (Å²) in [5, 5.41) is 0. The minimum Gasteiger partial charge on any atom is -0.311 e. The molecule has 0 aromatic heterocycles. The molecule has 0 amide bonds. The van der Waals surface area contributed by atoms with Crippen LogP contribution >= 0.6 is 0 Å². The van der Waals surface area contributed by atoms with Crippen molar-refractivity contribution in [1.29, 1.82) is 0 Å². The molecule has 386 valence electrons. The topological polar surface area (TPSA) is 6.48 Å². The van der Waals surface area contributed by atoms with Crippen LogP contribution < -0.4 is 9.80 Å². The molecule has 0 radical (unpaired) electrons. The Bertz CT molecular complexity index is 3620. The van der Waals surface area contributed by atoms with Crippen molar-refractivity contribution in [1.82, 2.24) is 0 Å². The number of aryl methyl sites for hydroxylation is 4. The highest BCUT2D eigenvalue weighted by molar-refractivity contribution is 5.93. The molecule has 0 N–H and O–H groups in total. The van der Waals surface area contributed by atoms with Gasteiger partial charge in [-0.2, -0.15) is 0 Å². The van der Waals surface area contributed by atoms with Crippen LogP contribution in [0.3, 0.4) is 0 Å². The van der Waals surface area contributed by atoms with E-state index in [4.69, 9.17) is 0 Å². The molecule has 2 nitrogen and oxygen atoms in total. The van der Waals surface area contributed by atoms with Gasteiger partial charge in [0.15, 0.2) is 0 Å². The molecule has 0 aliphatic rings. The van der Waals surface area contributed by atoms with E-state index in [0.29, 0.717) is 0 Å². The Labute approximate surface area is 473 Å². The number of hydrogen-bond donors (Lipinski definition) is 0. The third-order valence-corrected chi connectivity index (χ3v) is 14.4. The summed E-state index contributed by atoms with van der Waals surface area (Å²) >= 11 is 0. The zero-order valence-corrected chi connectivity index (χ0v) is 45.9. The standard InChI is InChI=1S/C78H64N2/c1-57-15-11-19-67(51-57)77(68-20-12-16-58(2)52-68)55-65-39-47-75(48-40-65)79(71-23-7-5-8-24-71)73-43-35-63(36-44-73)33-31-61-27-29-62(30-28-61)32-34-64-37-45-74(46-38-64)80(72-25-9-6-10-26-72)76-49-41-66(42-50-76)56-78(69-21-13-17-59(3)53-69)70-22-14-18-60(4)54-70/h5-56H,1-4H3/b33-31+,34-32+. The molecule has 2 heteroatoms. The number of nitrogens with zero attached hydrogens (tertiary/aromatic N) is 2. The molecule has 0 saturated heterocycles. The molecule has 0 aliphatic carbocycles. The van der Waals surface area contributed by atoms with Crippen LogP contribution in [-0.2, 0) is 0 Å². The Morgan fingerprint density at radius 3 is 0.700 bits per heavy atom. The Kier molecular flexibility index (Phi) is 16.0. The molecule has 11 rings (SSSR count). The Morgan fingerprint density at radius 1 is 0.225 bits per heavy atom. The quantitative estimate of drug-likeness (QED) is 0.0890. The van der Waals surface area contributed by atoms with Gasteiger partial charge in [-0.3, -0.25) is 0 Å². The van der Waals surface area contributed by atoms with Gasteiger partial charge in [0.1, 0.15) is 0 Å². The van der Waals surface area contributed by atoms with E-state index >= 15 is 0 Å². The SMILES string of the molecule is Cc1cccc(C(=Cc2ccc(N(c3ccccc3)c3ccc(/C=C/c4ccc(/C=C/c5ccc(N(c6ccccc6)c6ccc(C=C(c7cccc(C)c7)c7cccc(C)c7)cc6)cc5)cc4)cc3)cc2)c2cccc(C)c2)c1. The second kappa shape index (κ2) is 24.5. The molecule has 0 spiro atoms. The maximum Gasteiger partial charge on any atom is 0.0462 e. The first kappa shape index (κ1) is 52.1. The summed E-state index contributed by atoms with van der Waals surface area (Å²) in [6, 6.07) is 100. The third-order valence-electron chi connectivity index (χ3n) is 14.4. The minimum atomic E-state index is 1.09. The van der Waals surface area contributed by atoms with Gasteiger partial charge in [-0.15, -0.1) is 0 Å². The molecular weight excluding hydrogens is 965 g/mol. The average molecular weight is 1030 g/mol. The zero-order valence-electron chi connectivity index (χ0n) is 45.9. The highest BCUT2D eigenvalue weighted by Gasteiger charge is 2.15. The average Bonchev–Trinajstić information content (AvgIpc) is 3.51. The van der Waals surface area contributed by atoms with Crippen LogP contribution in [0.1, 0.15) is 77.9 Å². The van der Waals surface area contributed by atoms with E-state index < -0.39 is 0 Å². The zero-order chi connectivity index (χ0) is 54.6. The fraction of sp³-hybridized carbons (Fsp3) is 0.0513. The molecule has 0 heterocycles. The van der Waals surface area contributed by atoms with E-state index in [1.807, 2.05) is 0 Å². The molecule has 0 bridgehead atoms. The number of para-hydroxylation sites is 2. The Morgan fingerprint density at radius 2 is 0.450 bits per heavy atom. The first-order chi connectivity index (χ1) is 39.2. The van der Waals surface area contributed by atoms with Crippen molar-refractivity contribution < 1.29 is 0 Å². The normalized spacial score (nSPS) is 11.2. The van der Waals surface area contributed by atoms with Gasteiger partial charge in [-0.25, -0.2) is 0 Å².